The van der Waals surface area contributed by atoms with Crippen LogP contribution in [0.15, 0.2) is 23.1 Å². The van der Waals surface area contributed by atoms with Gasteiger partial charge in [-0.05, 0) is 62.8 Å². The number of nitrogens with one attached hydrogen (secondary N) is 1. The number of carbonyl (C=O) groups is 1. The number of nitrogens with zero attached hydrogens (tertiary/aromatic N) is 1. The first-order valence-electron chi connectivity index (χ1n) is 9.55. The fraction of sp³-hybridized carbons (Fsp3) is 0.632. The zero-order valence-corrected chi connectivity index (χ0v) is 16.2. The van der Waals surface area contributed by atoms with Gasteiger partial charge in [0.25, 0.3) is 5.91 Å². The molecule has 0 radical (unpaired) electrons. The first kappa shape index (κ1) is 19.3. The summed E-state index contributed by atoms with van der Waals surface area (Å²) >= 11 is 0. The molecule has 6 nitrogen and oxygen atoms in total. The first-order valence-corrected chi connectivity index (χ1v) is 11.0. The van der Waals surface area contributed by atoms with Crippen LogP contribution >= 0.6 is 0 Å². The molecule has 2 fully saturated rings. The normalized spacial score (nSPS) is 24.5. The van der Waals surface area contributed by atoms with E-state index in [0.29, 0.717) is 31.1 Å². The molecule has 3 rings (SSSR count). The summed E-state index contributed by atoms with van der Waals surface area (Å²) in [6.07, 6.45) is 5.87. The predicted molar refractivity (Wildman–Crippen MR) is 101 cm³/mol. The highest BCUT2D eigenvalue weighted by atomic mass is 32.2. The number of rotatable bonds is 5. The van der Waals surface area contributed by atoms with E-state index in [2.05, 4.69) is 5.32 Å². The van der Waals surface area contributed by atoms with Gasteiger partial charge in [0.2, 0.25) is 10.0 Å². The number of hydrogen-bond donors (Lipinski definition) is 2. The summed E-state index contributed by atoms with van der Waals surface area (Å²) in [7, 11) is -3.54. The van der Waals surface area contributed by atoms with E-state index < -0.39 is 10.0 Å². The van der Waals surface area contributed by atoms with Crippen molar-refractivity contribution in [3.8, 4) is 0 Å². The van der Waals surface area contributed by atoms with Gasteiger partial charge in [-0.3, -0.25) is 4.79 Å². The number of benzene rings is 1. The van der Waals surface area contributed by atoms with Crippen LogP contribution in [0.2, 0.25) is 0 Å². The van der Waals surface area contributed by atoms with Gasteiger partial charge in [-0.2, -0.15) is 4.31 Å². The van der Waals surface area contributed by atoms with Crippen molar-refractivity contribution in [2.45, 2.75) is 56.4 Å². The predicted octanol–water partition coefficient (Wildman–Crippen LogP) is 2.03. The molecular weight excluding hydrogens is 350 g/mol. The van der Waals surface area contributed by atoms with Crippen molar-refractivity contribution in [3.05, 3.63) is 29.3 Å². The second kappa shape index (κ2) is 8.06. The van der Waals surface area contributed by atoms with Gasteiger partial charge in [0.15, 0.2) is 0 Å². The van der Waals surface area contributed by atoms with E-state index in [1.165, 1.54) is 10.4 Å². The Morgan fingerprint density at radius 3 is 2.62 bits per heavy atom. The quantitative estimate of drug-likeness (QED) is 0.819. The van der Waals surface area contributed by atoms with Crippen LogP contribution in [0.3, 0.4) is 0 Å². The van der Waals surface area contributed by atoms with Crippen LogP contribution in [0.5, 0.6) is 0 Å². The smallest absolute Gasteiger partial charge is 0.251 e. The van der Waals surface area contributed by atoms with Crippen LogP contribution in [-0.2, 0) is 10.0 Å². The highest BCUT2D eigenvalue weighted by Gasteiger charge is 2.30. The summed E-state index contributed by atoms with van der Waals surface area (Å²) < 4.78 is 27.3. The van der Waals surface area contributed by atoms with Crippen LogP contribution in [0.1, 0.15) is 54.4 Å². The van der Waals surface area contributed by atoms with E-state index in [1.54, 1.807) is 12.1 Å². The Bertz CT molecular complexity index is 757. The molecule has 2 unspecified atom stereocenters. The van der Waals surface area contributed by atoms with Gasteiger partial charge in [0.05, 0.1) is 4.90 Å². The third-order valence-corrected chi connectivity index (χ3v) is 7.58. The van der Waals surface area contributed by atoms with Crippen molar-refractivity contribution in [2.24, 2.45) is 11.7 Å². The number of aryl methyl sites for hydroxylation is 1. The van der Waals surface area contributed by atoms with E-state index in [0.717, 1.165) is 44.1 Å². The maximum Gasteiger partial charge on any atom is 0.251 e. The third kappa shape index (κ3) is 3.94. The molecule has 1 aliphatic carbocycles. The highest BCUT2D eigenvalue weighted by Crippen LogP contribution is 2.26. The molecule has 144 valence electrons. The molecular formula is C19H29N3O3S. The van der Waals surface area contributed by atoms with E-state index in [9.17, 15) is 13.2 Å². The fourth-order valence-electron chi connectivity index (χ4n) is 4.02. The van der Waals surface area contributed by atoms with E-state index in [-0.39, 0.29) is 16.8 Å². The van der Waals surface area contributed by atoms with E-state index in [4.69, 9.17) is 5.73 Å². The molecule has 7 heteroatoms. The monoisotopic (exact) mass is 379 g/mol. The van der Waals surface area contributed by atoms with Crippen LogP contribution in [0, 0.1) is 12.8 Å². The van der Waals surface area contributed by atoms with Crippen molar-refractivity contribution in [1.82, 2.24) is 9.62 Å². The summed E-state index contributed by atoms with van der Waals surface area (Å²) in [5.41, 5.74) is 7.01. The van der Waals surface area contributed by atoms with Gasteiger partial charge >= 0.3 is 0 Å². The average Bonchev–Trinajstić information content (AvgIpc) is 3.09. The Hall–Kier alpha value is -1.44. The zero-order valence-electron chi connectivity index (χ0n) is 15.4. The SMILES string of the molecule is Cc1ccc(S(=O)(=O)N2CCCCC2)cc1C(=O)NC1CCCC1CN. The van der Waals surface area contributed by atoms with Gasteiger partial charge in [-0.1, -0.05) is 18.9 Å². The summed E-state index contributed by atoms with van der Waals surface area (Å²) in [4.78, 5) is 13.0. The minimum absolute atomic E-state index is 0.0780. The van der Waals surface area contributed by atoms with E-state index in [1.807, 2.05) is 6.92 Å². The van der Waals surface area contributed by atoms with E-state index >= 15 is 0 Å². The van der Waals surface area contributed by atoms with Crippen LogP contribution in [0.25, 0.3) is 0 Å². The van der Waals surface area contributed by atoms with Gasteiger partial charge in [-0.15, -0.1) is 0 Å². The Morgan fingerprint density at radius 2 is 1.92 bits per heavy atom. The van der Waals surface area contributed by atoms with Gasteiger partial charge in [0, 0.05) is 24.7 Å². The standard InChI is InChI=1S/C19H29N3O3S/c1-14-8-9-16(26(24,25)22-10-3-2-4-11-22)12-17(14)19(23)21-18-7-5-6-15(18)13-20/h8-9,12,15,18H,2-7,10-11,13,20H2,1H3,(H,21,23). The van der Waals surface area contributed by atoms with Crippen LogP contribution in [0.4, 0.5) is 0 Å². The Labute approximate surface area is 156 Å². The Balaban J connectivity index is 1.82. The third-order valence-electron chi connectivity index (χ3n) is 5.68. The molecule has 1 aromatic carbocycles. The molecule has 26 heavy (non-hydrogen) atoms. The molecule has 2 atom stereocenters. The summed E-state index contributed by atoms with van der Waals surface area (Å²) in [5, 5.41) is 3.07. The molecule has 1 amide bonds. The second-order valence-corrected chi connectivity index (χ2v) is 9.39. The molecule has 1 saturated heterocycles. The number of nitrogens with two attached hydrogens (primary N) is 1. The maximum atomic E-state index is 12.9. The van der Waals surface area contributed by atoms with Crippen molar-refractivity contribution in [1.29, 1.82) is 0 Å². The lowest BCUT2D eigenvalue weighted by atomic mass is 10.0. The number of piperidine rings is 1. The lowest BCUT2D eigenvalue weighted by Gasteiger charge is -2.26. The largest absolute Gasteiger partial charge is 0.349 e. The van der Waals surface area contributed by atoms with Crippen molar-refractivity contribution in [2.75, 3.05) is 19.6 Å². The average molecular weight is 380 g/mol. The Kier molecular flexibility index (Phi) is 5.99. The Morgan fingerprint density at radius 1 is 1.19 bits per heavy atom. The second-order valence-electron chi connectivity index (χ2n) is 7.45. The lowest BCUT2D eigenvalue weighted by Crippen LogP contribution is -2.40. The van der Waals surface area contributed by atoms with Crippen molar-refractivity contribution >= 4 is 15.9 Å². The highest BCUT2D eigenvalue weighted by molar-refractivity contribution is 7.89. The molecule has 1 aromatic rings. The van der Waals surface area contributed by atoms with Crippen LogP contribution < -0.4 is 11.1 Å². The zero-order chi connectivity index (χ0) is 18.7. The number of carbonyl (C=O) groups excluding carboxylic acids is 1. The molecule has 3 N–H and O–H groups in total. The molecule has 0 bridgehead atoms. The van der Waals surface area contributed by atoms with Gasteiger partial charge in [0.1, 0.15) is 0 Å². The fourth-order valence-corrected chi connectivity index (χ4v) is 5.56. The minimum Gasteiger partial charge on any atom is -0.349 e. The van der Waals surface area contributed by atoms with Crippen LogP contribution in [-0.4, -0.2) is 44.3 Å². The topological polar surface area (TPSA) is 92.5 Å². The molecule has 2 aliphatic rings. The van der Waals surface area contributed by atoms with Crippen molar-refractivity contribution < 1.29 is 13.2 Å². The molecule has 0 aromatic heterocycles. The molecule has 1 aliphatic heterocycles. The van der Waals surface area contributed by atoms with Gasteiger partial charge in [-0.25, -0.2) is 8.42 Å². The minimum atomic E-state index is -3.54. The summed E-state index contributed by atoms with van der Waals surface area (Å²) in [6, 6.07) is 4.94. The number of sulfonamides is 1. The number of hydrogen-bond acceptors (Lipinski definition) is 4. The first-order chi connectivity index (χ1) is 12.4. The molecule has 0 spiro atoms. The molecule has 1 heterocycles. The lowest BCUT2D eigenvalue weighted by molar-refractivity contribution is 0.0928. The molecule has 1 saturated carbocycles. The van der Waals surface area contributed by atoms with Gasteiger partial charge < -0.3 is 11.1 Å². The summed E-state index contributed by atoms with van der Waals surface area (Å²) in [5.74, 6) is 0.100. The summed E-state index contributed by atoms with van der Waals surface area (Å²) in [6.45, 7) is 3.50. The maximum absolute atomic E-state index is 12.9. The van der Waals surface area contributed by atoms with Crippen molar-refractivity contribution in [3.63, 3.8) is 0 Å². The number of amides is 1.